The molecule has 2 aromatic rings. The van der Waals surface area contributed by atoms with Gasteiger partial charge in [0, 0.05) is 25.2 Å². The lowest BCUT2D eigenvalue weighted by molar-refractivity contribution is 0.0189. The number of fused-ring (bicyclic) bond motifs is 1. The number of amides is 1. The molecule has 1 aromatic carbocycles. The van der Waals surface area contributed by atoms with Crippen molar-refractivity contribution in [2.75, 3.05) is 13.1 Å². The smallest absolute Gasteiger partial charge is 0.410 e. The van der Waals surface area contributed by atoms with Crippen LogP contribution in [-0.4, -0.2) is 39.2 Å². The number of benzene rings is 1. The minimum atomic E-state index is -0.562. The number of nitrogens with zero attached hydrogens (tertiary/aromatic N) is 2. The third-order valence-corrected chi connectivity index (χ3v) is 4.53. The molecule has 0 atom stereocenters. The van der Waals surface area contributed by atoms with Gasteiger partial charge in [-0.1, -0.05) is 11.6 Å². The van der Waals surface area contributed by atoms with Crippen molar-refractivity contribution in [3.8, 4) is 0 Å². The number of halogens is 2. The molecule has 1 aliphatic heterocycles. The Labute approximate surface area is 149 Å². The summed E-state index contributed by atoms with van der Waals surface area (Å²) >= 11 is 5.78. The van der Waals surface area contributed by atoms with Gasteiger partial charge in [-0.3, -0.25) is 4.57 Å². The van der Waals surface area contributed by atoms with Crippen LogP contribution in [0.3, 0.4) is 0 Å². The minimum absolute atomic E-state index is 0.0272. The van der Waals surface area contributed by atoms with Crippen LogP contribution in [0.1, 0.15) is 39.7 Å². The first-order chi connectivity index (χ1) is 11.7. The Bertz CT molecular complexity index is 860. The summed E-state index contributed by atoms with van der Waals surface area (Å²) < 4.78 is 20.7. The van der Waals surface area contributed by atoms with Gasteiger partial charge in [0.2, 0.25) is 0 Å². The van der Waals surface area contributed by atoms with E-state index in [9.17, 15) is 14.0 Å². The lowest BCUT2D eigenvalue weighted by Gasteiger charge is -2.33. The summed E-state index contributed by atoms with van der Waals surface area (Å²) in [5.41, 5.74) is 0.152. The second kappa shape index (κ2) is 6.37. The van der Waals surface area contributed by atoms with Crippen LogP contribution in [0.4, 0.5) is 9.18 Å². The highest BCUT2D eigenvalue weighted by Gasteiger charge is 2.29. The van der Waals surface area contributed by atoms with E-state index in [1.54, 1.807) is 9.47 Å². The SMILES string of the molecule is CC(C)(C)OC(=O)N1CCC(n2c(=O)[nH]c3cc(Cl)c(F)cc32)CC1. The van der Waals surface area contributed by atoms with Crippen LogP contribution in [0.5, 0.6) is 0 Å². The molecule has 8 heteroatoms. The molecule has 0 saturated carbocycles. The number of imidazole rings is 1. The molecule has 1 amide bonds. The van der Waals surface area contributed by atoms with E-state index in [1.807, 2.05) is 20.8 Å². The van der Waals surface area contributed by atoms with Crippen molar-refractivity contribution < 1.29 is 13.9 Å². The maximum atomic E-state index is 13.8. The summed E-state index contributed by atoms with van der Waals surface area (Å²) in [4.78, 5) is 28.8. The van der Waals surface area contributed by atoms with E-state index in [2.05, 4.69) is 4.98 Å². The predicted molar refractivity (Wildman–Crippen MR) is 93.6 cm³/mol. The van der Waals surface area contributed by atoms with Crippen molar-refractivity contribution in [2.45, 2.75) is 45.3 Å². The Morgan fingerprint density at radius 3 is 2.56 bits per heavy atom. The summed E-state index contributed by atoms with van der Waals surface area (Å²) in [6.45, 7) is 6.43. The summed E-state index contributed by atoms with van der Waals surface area (Å²) in [7, 11) is 0. The molecule has 0 aliphatic carbocycles. The maximum absolute atomic E-state index is 13.8. The predicted octanol–water partition coefficient (Wildman–Crippen LogP) is 3.69. The molecule has 1 fully saturated rings. The zero-order chi connectivity index (χ0) is 18.4. The van der Waals surface area contributed by atoms with Crippen molar-refractivity contribution in [2.24, 2.45) is 0 Å². The first-order valence-electron chi connectivity index (χ1n) is 8.23. The molecule has 0 bridgehead atoms. The third-order valence-electron chi connectivity index (χ3n) is 4.24. The molecule has 1 aromatic heterocycles. The van der Waals surface area contributed by atoms with Crippen LogP contribution in [0.25, 0.3) is 11.0 Å². The van der Waals surface area contributed by atoms with Gasteiger partial charge >= 0.3 is 11.8 Å². The first kappa shape index (κ1) is 17.8. The van der Waals surface area contributed by atoms with Crippen molar-refractivity contribution >= 4 is 28.7 Å². The Morgan fingerprint density at radius 2 is 1.96 bits per heavy atom. The van der Waals surface area contributed by atoms with Gasteiger partial charge in [0.1, 0.15) is 11.4 Å². The fourth-order valence-electron chi connectivity index (χ4n) is 3.12. The van der Waals surface area contributed by atoms with Gasteiger partial charge in [-0.15, -0.1) is 0 Å². The lowest BCUT2D eigenvalue weighted by atomic mass is 10.0. The monoisotopic (exact) mass is 369 g/mol. The number of aromatic amines is 1. The van der Waals surface area contributed by atoms with E-state index >= 15 is 0 Å². The van der Waals surface area contributed by atoms with E-state index < -0.39 is 11.4 Å². The van der Waals surface area contributed by atoms with Gasteiger partial charge in [0.25, 0.3) is 0 Å². The standard InChI is InChI=1S/C17H21ClFN3O3/c1-17(2,3)25-16(24)21-6-4-10(5-7-21)22-14-9-12(19)11(18)8-13(14)20-15(22)23/h8-10H,4-7H2,1-3H3,(H,20,23). The van der Waals surface area contributed by atoms with Crippen LogP contribution in [0.2, 0.25) is 5.02 Å². The molecule has 1 N–H and O–H groups in total. The Balaban J connectivity index is 1.79. The van der Waals surface area contributed by atoms with Crippen molar-refractivity contribution in [1.29, 1.82) is 0 Å². The third kappa shape index (κ3) is 3.66. The van der Waals surface area contributed by atoms with E-state index in [0.717, 1.165) is 0 Å². The highest BCUT2D eigenvalue weighted by molar-refractivity contribution is 6.31. The molecule has 25 heavy (non-hydrogen) atoms. The zero-order valence-electron chi connectivity index (χ0n) is 14.4. The first-order valence-corrected chi connectivity index (χ1v) is 8.61. The largest absolute Gasteiger partial charge is 0.444 e. The fourth-order valence-corrected chi connectivity index (χ4v) is 3.28. The summed E-state index contributed by atoms with van der Waals surface area (Å²) in [5, 5.41) is -0.0272. The van der Waals surface area contributed by atoms with Crippen LogP contribution >= 0.6 is 11.6 Å². The van der Waals surface area contributed by atoms with Crippen molar-refractivity contribution in [3.63, 3.8) is 0 Å². The maximum Gasteiger partial charge on any atom is 0.410 e. The van der Waals surface area contributed by atoms with Crippen LogP contribution in [0.15, 0.2) is 16.9 Å². The average molecular weight is 370 g/mol. The van der Waals surface area contributed by atoms with Gasteiger partial charge in [-0.2, -0.15) is 0 Å². The number of carbonyl (C=O) groups is 1. The van der Waals surface area contributed by atoms with Crippen LogP contribution in [0, 0.1) is 5.82 Å². The Kier molecular flexibility index (Phi) is 4.53. The van der Waals surface area contributed by atoms with Gasteiger partial charge in [-0.05, 0) is 39.7 Å². The molecule has 6 nitrogen and oxygen atoms in total. The zero-order valence-corrected chi connectivity index (χ0v) is 15.2. The molecular weight excluding hydrogens is 349 g/mol. The number of likely N-dealkylation sites (tertiary alicyclic amines) is 1. The van der Waals surface area contributed by atoms with Gasteiger partial charge < -0.3 is 14.6 Å². The number of ether oxygens (including phenoxy) is 1. The van der Waals surface area contributed by atoms with Crippen LogP contribution in [-0.2, 0) is 4.74 Å². The molecule has 1 aliphatic rings. The summed E-state index contributed by atoms with van der Waals surface area (Å²) in [6, 6.07) is 2.58. The topological polar surface area (TPSA) is 67.3 Å². The van der Waals surface area contributed by atoms with E-state index in [1.165, 1.54) is 12.1 Å². The minimum Gasteiger partial charge on any atom is -0.444 e. The van der Waals surface area contributed by atoms with E-state index in [0.29, 0.717) is 37.0 Å². The number of H-pyrrole nitrogens is 1. The Hall–Kier alpha value is -2.02. The summed E-state index contributed by atoms with van der Waals surface area (Å²) in [5.74, 6) is -0.562. The fraction of sp³-hybridized carbons (Fsp3) is 0.529. The van der Waals surface area contributed by atoms with Gasteiger partial charge in [0.05, 0.1) is 16.1 Å². The number of hydrogen-bond donors (Lipinski definition) is 1. The van der Waals surface area contributed by atoms with Crippen molar-refractivity contribution in [3.05, 3.63) is 33.5 Å². The number of aromatic nitrogens is 2. The normalized spacial score (nSPS) is 16.4. The average Bonchev–Trinajstić information content (AvgIpc) is 2.81. The Morgan fingerprint density at radius 1 is 1.32 bits per heavy atom. The number of carbonyl (C=O) groups excluding carboxylic acids is 1. The molecule has 136 valence electrons. The highest BCUT2D eigenvalue weighted by Crippen LogP contribution is 2.28. The molecule has 1 saturated heterocycles. The lowest BCUT2D eigenvalue weighted by Crippen LogP contribution is -2.43. The number of piperidine rings is 1. The molecule has 0 radical (unpaired) electrons. The second-order valence-electron chi connectivity index (χ2n) is 7.28. The van der Waals surface area contributed by atoms with Crippen LogP contribution < -0.4 is 5.69 Å². The quantitative estimate of drug-likeness (QED) is 0.833. The molecule has 0 unspecified atom stereocenters. The number of hydrogen-bond acceptors (Lipinski definition) is 3. The van der Waals surface area contributed by atoms with E-state index in [-0.39, 0.29) is 22.8 Å². The molecule has 0 spiro atoms. The van der Waals surface area contributed by atoms with E-state index in [4.69, 9.17) is 16.3 Å². The molecule has 3 rings (SSSR count). The van der Waals surface area contributed by atoms with Gasteiger partial charge in [0.15, 0.2) is 0 Å². The number of rotatable bonds is 1. The summed E-state index contributed by atoms with van der Waals surface area (Å²) in [6.07, 6.45) is 0.835. The number of nitrogens with one attached hydrogen (secondary N) is 1. The molecule has 2 heterocycles. The molecular formula is C17H21ClFN3O3. The highest BCUT2D eigenvalue weighted by atomic mass is 35.5. The van der Waals surface area contributed by atoms with Gasteiger partial charge in [-0.25, -0.2) is 14.0 Å². The second-order valence-corrected chi connectivity index (χ2v) is 7.69. The van der Waals surface area contributed by atoms with Crippen molar-refractivity contribution in [1.82, 2.24) is 14.5 Å².